The van der Waals surface area contributed by atoms with Gasteiger partial charge in [-0.25, -0.2) is 9.18 Å². The Bertz CT molecular complexity index is 382. The lowest BCUT2D eigenvalue weighted by Crippen LogP contribution is -2.16. The number of hydrogen-bond donors (Lipinski definition) is 1. The van der Waals surface area contributed by atoms with Crippen LogP contribution in [0.3, 0.4) is 0 Å². The molecule has 0 unspecified atom stereocenters. The van der Waals surface area contributed by atoms with Crippen molar-refractivity contribution < 1.29 is 18.7 Å². The van der Waals surface area contributed by atoms with Crippen molar-refractivity contribution in [2.75, 3.05) is 20.3 Å². The van der Waals surface area contributed by atoms with Crippen molar-refractivity contribution >= 4 is 5.97 Å². The molecule has 17 heavy (non-hydrogen) atoms. The van der Waals surface area contributed by atoms with Crippen molar-refractivity contribution in [1.29, 1.82) is 0 Å². The Morgan fingerprint density at radius 1 is 1.47 bits per heavy atom. The average Bonchev–Trinajstić information content (AvgIpc) is 2.29. The Morgan fingerprint density at radius 2 is 2.24 bits per heavy atom. The van der Waals surface area contributed by atoms with Gasteiger partial charge < -0.3 is 14.8 Å². The molecule has 0 spiro atoms. The highest BCUT2D eigenvalue weighted by molar-refractivity contribution is 5.71. The number of benzene rings is 1. The standard InChI is InChI=1S/C12H16FNO3/c1-3-16-12(15)8-17-11-5-4-10(13)6-9(11)7-14-2/h4-6,14H,3,7-8H2,1-2H3. The summed E-state index contributed by atoms with van der Waals surface area (Å²) in [5.41, 5.74) is 0.664. The lowest BCUT2D eigenvalue weighted by atomic mass is 10.2. The maximum Gasteiger partial charge on any atom is 0.344 e. The third-order valence-corrected chi connectivity index (χ3v) is 2.04. The van der Waals surface area contributed by atoms with Crippen molar-refractivity contribution in [3.63, 3.8) is 0 Å². The molecule has 0 aliphatic rings. The van der Waals surface area contributed by atoms with Gasteiger partial charge in [-0.15, -0.1) is 0 Å². The van der Waals surface area contributed by atoms with Gasteiger partial charge in [0.15, 0.2) is 6.61 Å². The second-order valence-corrected chi connectivity index (χ2v) is 3.38. The molecule has 5 heteroatoms. The molecule has 1 aromatic rings. The number of carbonyl (C=O) groups is 1. The number of halogens is 1. The van der Waals surface area contributed by atoms with Gasteiger partial charge >= 0.3 is 5.97 Å². The SMILES string of the molecule is CCOC(=O)COc1ccc(F)cc1CNC. The third kappa shape index (κ3) is 4.40. The summed E-state index contributed by atoms with van der Waals surface area (Å²) in [6, 6.07) is 4.16. The minimum atomic E-state index is -0.438. The Balaban J connectivity index is 2.66. The summed E-state index contributed by atoms with van der Waals surface area (Å²) in [5, 5.41) is 2.90. The number of hydrogen-bond acceptors (Lipinski definition) is 4. The molecule has 0 saturated heterocycles. The fourth-order valence-electron chi connectivity index (χ4n) is 1.36. The van der Waals surface area contributed by atoms with Gasteiger partial charge in [0.1, 0.15) is 11.6 Å². The summed E-state index contributed by atoms with van der Waals surface area (Å²) in [4.78, 5) is 11.1. The first-order valence-electron chi connectivity index (χ1n) is 5.38. The van der Waals surface area contributed by atoms with Crippen molar-refractivity contribution in [3.8, 4) is 5.75 Å². The molecule has 94 valence electrons. The van der Waals surface area contributed by atoms with Crippen LogP contribution in [0, 0.1) is 5.82 Å². The minimum Gasteiger partial charge on any atom is -0.482 e. The molecule has 0 saturated carbocycles. The smallest absolute Gasteiger partial charge is 0.344 e. The van der Waals surface area contributed by atoms with Gasteiger partial charge in [-0.1, -0.05) is 0 Å². The first-order valence-corrected chi connectivity index (χ1v) is 5.38. The zero-order valence-electron chi connectivity index (χ0n) is 9.96. The summed E-state index contributed by atoms with van der Waals surface area (Å²) < 4.78 is 23.0. The van der Waals surface area contributed by atoms with Gasteiger partial charge in [-0.3, -0.25) is 0 Å². The Morgan fingerprint density at radius 3 is 2.88 bits per heavy atom. The van der Waals surface area contributed by atoms with Crippen LogP contribution < -0.4 is 10.1 Å². The first kappa shape index (κ1) is 13.4. The van der Waals surface area contributed by atoms with Gasteiger partial charge in [-0.2, -0.15) is 0 Å². The van der Waals surface area contributed by atoms with E-state index >= 15 is 0 Å². The van der Waals surface area contributed by atoms with Crippen LogP contribution in [0.25, 0.3) is 0 Å². The summed E-state index contributed by atoms with van der Waals surface area (Å²) in [6.07, 6.45) is 0. The van der Waals surface area contributed by atoms with Crippen LogP contribution in [0.2, 0.25) is 0 Å². The fraction of sp³-hybridized carbons (Fsp3) is 0.417. The Kier molecular flexibility index (Phi) is 5.42. The van der Waals surface area contributed by atoms with Crippen LogP contribution >= 0.6 is 0 Å². The predicted molar refractivity (Wildman–Crippen MR) is 61.3 cm³/mol. The molecular weight excluding hydrogens is 225 g/mol. The highest BCUT2D eigenvalue weighted by Gasteiger charge is 2.08. The van der Waals surface area contributed by atoms with E-state index in [1.54, 1.807) is 14.0 Å². The van der Waals surface area contributed by atoms with Gasteiger partial charge in [0.25, 0.3) is 0 Å². The van der Waals surface area contributed by atoms with Gasteiger partial charge in [0.2, 0.25) is 0 Å². The molecule has 0 fully saturated rings. The van der Waals surface area contributed by atoms with Gasteiger partial charge in [0.05, 0.1) is 6.61 Å². The van der Waals surface area contributed by atoms with E-state index in [1.807, 2.05) is 0 Å². The lowest BCUT2D eigenvalue weighted by Gasteiger charge is -2.10. The predicted octanol–water partition coefficient (Wildman–Crippen LogP) is 1.49. The lowest BCUT2D eigenvalue weighted by molar-refractivity contribution is -0.145. The summed E-state index contributed by atoms with van der Waals surface area (Å²) in [6.45, 7) is 2.34. The van der Waals surface area contributed by atoms with Gasteiger partial charge in [0, 0.05) is 12.1 Å². The number of esters is 1. The third-order valence-electron chi connectivity index (χ3n) is 2.04. The maximum absolute atomic E-state index is 13.0. The summed E-state index contributed by atoms with van der Waals surface area (Å²) >= 11 is 0. The maximum atomic E-state index is 13.0. The zero-order valence-corrected chi connectivity index (χ0v) is 9.96. The van der Waals surface area contributed by atoms with Gasteiger partial charge in [-0.05, 0) is 32.2 Å². The number of carbonyl (C=O) groups excluding carboxylic acids is 1. The minimum absolute atomic E-state index is 0.170. The van der Waals surface area contributed by atoms with Crippen molar-refractivity contribution in [2.45, 2.75) is 13.5 Å². The molecule has 0 radical (unpaired) electrons. The van der Waals surface area contributed by atoms with E-state index in [2.05, 4.69) is 5.32 Å². The van der Waals surface area contributed by atoms with E-state index in [-0.39, 0.29) is 12.4 Å². The largest absolute Gasteiger partial charge is 0.482 e. The number of nitrogens with one attached hydrogen (secondary N) is 1. The number of ether oxygens (including phenoxy) is 2. The first-order chi connectivity index (χ1) is 8.17. The van der Waals surface area contributed by atoms with Crippen LogP contribution in [0.15, 0.2) is 18.2 Å². The Hall–Kier alpha value is -1.62. The molecule has 0 amide bonds. The van der Waals surface area contributed by atoms with E-state index in [4.69, 9.17) is 9.47 Å². The molecule has 1 N–H and O–H groups in total. The topological polar surface area (TPSA) is 47.6 Å². The molecule has 0 heterocycles. The van der Waals surface area contributed by atoms with Crippen LogP contribution in [0.1, 0.15) is 12.5 Å². The van der Waals surface area contributed by atoms with E-state index in [9.17, 15) is 9.18 Å². The second-order valence-electron chi connectivity index (χ2n) is 3.38. The molecular formula is C12H16FNO3. The molecule has 0 bridgehead atoms. The Labute approximate surface area is 99.7 Å². The molecule has 0 aliphatic heterocycles. The molecule has 4 nitrogen and oxygen atoms in total. The molecule has 0 atom stereocenters. The highest BCUT2D eigenvalue weighted by Crippen LogP contribution is 2.19. The summed E-state index contributed by atoms with van der Waals surface area (Å²) in [7, 11) is 1.75. The van der Waals surface area contributed by atoms with Crippen molar-refractivity contribution in [1.82, 2.24) is 5.32 Å². The van der Waals surface area contributed by atoms with E-state index in [0.29, 0.717) is 24.5 Å². The zero-order chi connectivity index (χ0) is 12.7. The molecule has 1 rings (SSSR count). The van der Waals surface area contributed by atoms with Crippen LogP contribution in [-0.4, -0.2) is 26.2 Å². The molecule has 0 aromatic heterocycles. The fourth-order valence-corrected chi connectivity index (χ4v) is 1.36. The quantitative estimate of drug-likeness (QED) is 0.766. The second kappa shape index (κ2) is 6.85. The van der Waals surface area contributed by atoms with E-state index in [0.717, 1.165) is 0 Å². The van der Waals surface area contributed by atoms with Crippen molar-refractivity contribution in [3.05, 3.63) is 29.6 Å². The van der Waals surface area contributed by atoms with Crippen LogP contribution in [-0.2, 0) is 16.1 Å². The normalized spacial score (nSPS) is 10.1. The van der Waals surface area contributed by atoms with Crippen molar-refractivity contribution in [2.24, 2.45) is 0 Å². The van der Waals surface area contributed by atoms with E-state index < -0.39 is 5.97 Å². The monoisotopic (exact) mass is 241 g/mol. The molecule has 0 aliphatic carbocycles. The van der Waals surface area contributed by atoms with Crippen LogP contribution in [0.4, 0.5) is 4.39 Å². The van der Waals surface area contributed by atoms with Crippen LogP contribution in [0.5, 0.6) is 5.75 Å². The summed E-state index contributed by atoms with van der Waals surface area (Å²) in [5.74, 6) is -0.292. The average molecular weight is 241 g/mol. The number of rotatable bonds is 6. The highest BCUT2D eigenvalue weighted by atomic mass is 19.1. The van der Waals surface area contributed by atoms with E-state index in [1.165, 1.54) is 18.2 Å². The molecule has 1 aromatic carbocycles.